The molecule has 0 bridgehead atoms. The average molecular weight is 250 g/mol. The number of hydrogen-bond donors (Lipinski definition) is 2. The number of oxazole rings is 1. The summed E-state index contributed by atoms with van der Waals surface area (Å²) >= 11 is 0. The summed E-state index contributed by atoms with van der Waals surface area (Å²) in [6.45, 7) is 0. The Morgan fingerprint density at radius 3 is 3.00 bits per heavy atom. The molecular weight excluding hydrogens is 236 g/mol. The second kappa shape index (κ2) is 5.05. The zero-order valence-corrected chi connectivity index (χ0v) is 10.1. The van der Waals surface area contributed by atoms with Crippen LogP contribution in [0.1, 0.15) is 18.0 Å². The van der Waals surface area contributed by atoms with Crippen molar-refractivity contribution in [2.45, 2.75) is 12.5 Å². The number of ether oxygens (including phenoxy) is 1. The first-order valence-electron chi connectivity index (χ1n) is 5.51. The van der Waals surface area contributed by atoms with Crippen LogP contribution in [0.4, 0.5) is 0 Å². The second-order valence-electron chi connectivity index (χ2n) is 3.89. The molecule has 2 aromatic rings. The minimum atomic E-state index is -0.490. The van der Waals surface area contributed by atoms with Crippen LogP contribution < -0.4 is 11.1 Å². The summed E-state index contributed by atoms with van der Waals surface area (Å²) in [7, 11) is 3.11. The third-order valence-electron chi connectivity index (χ3n) is 2.79. The van der Waals surface area contributed by atoms with Crippen LogP contribution in [0.25, 0.3) is 11.1 Å². The van der Waals surface area contributed by atoms with E-state index < -0.39 is 5.76 Å². The van der Waals surface area contributed by atoms with Gasteiger partial charge in [-0.05, 0) is 24.7 Å². The molecule has 1 atom stereocenters. The van der Waals surface area contributed by atoms with Crippen LogP contribution in [0, 0.1) is 0 Å². The van der Waals surface area contributed by atoms with Gasteiger partial charge in [-0.2, -0.15) is 0 Å². The summed E-state index contributed by atoms with van der Waals surface area (Å²) in [5.74, 6) is -0.786. The minimum absolute atomic E-state index is 0.166. The molecule has 2 rings (SSSR count). The molecule has 6 nitrogen and oxygen atoms in total. The molecule has 1 aromatic carbocycles. The zero-order chi connectivity index (χ0) is 13.1. The van der Waals surface area contributed by atoms with E-state index in [2.05, 4.69) is 15.0 Å². The van der Waals surface area contributed by atoms with Gasteiger partial charge in [0.2, 0.25) is 0 Å². The summed E-state index contributed by atoms with van der Waals surface area (Å²) < 4.78 is 9.56. The van der Waals surface area contributed by atoms with Crippen molar-refractivity contribution in [3.8, 4) is 0 Å². The van der Waals surface area contributed by atoms with E-state index in [9.17, 15) is 9.59 Å². The van der Waals surface area contributed by atoms with Gasteiger partial charge in [0, 0.05) is 6.04 Å². The molecule has 0 spiro atoms. The first-order valence-corrected chi connectivity index (χ1v) is 5.51. The number of carbonyl (C=O) groups excluding carboxylic acids is 1. The maximum atomic E-state index is 11.3. The summed E-state index contributed by atoms with van der Waals surface area (Å²) in [5, 5.41) is 3.03. The van der Waals surface area contributed by atoms with Crippen molar-refractivity contribution in [2.24, 2.45) is 0 Å². The lowest BCUT2D eigenvalue weighted by Gasteiger charge is -2.14. The Morgan fingerprint density at radius 2 is 2.33 bits per heavy atom. The molecule has 0 aliphatic heterocycles. The van der Waals surface area contributed by atoms with Gasteiger partial charge in [0.05, 0.1) is 19.0 Å². The number of benzene rings is 1. The topological polar surface area (TPSA) is 84.3 Å². The Labute approximate surface area is 103 Å². The summed E-state index contributed by atoms with van der Waals surface area (Å²) in [4.78, 5) is 24.9. The molecule has 2 N–H and O–H groups in total. The standard InChI is InChI=1S/C12H14N2O4/c1-13-8(6-11(15)17-2)7-3-4-10-9(5-7)14-12(16)18-10/h3-5,8,13H,6H2,1-2H3,(H,14,16). The fourth-order valence-electron chi connectivity index (χ4n) is 1.82. The molecule has 6 heteroatoms. The van der Waals surface area contributed by atoms with Gasteiger partial charge in [0.1, 0.15) is 0 Å². The zero-order valence-electron chi connectivity index (χ0n) is 10.1. The van der Waals surface area contributed by atoms with Crippen molar-refractivity contribution in [1.82, 2.24) is 10.3 Å². The van der Waals surface area contributed by atoms with Crippen LogP contribution in [0.5, 0.6) is 0 Å². The van der Waals surface area contributed by atoms with Crippen molar-refractivity contribution in [1.29, 1.82) is 0 Å². The molecule has 96 valence electrons. The van der Waals surface area contributed by atoms with E-state index in [1.165, 1.54) is 7.11 Å². The number of methoxy groups -OCH3 is 1. The van der Waals surface area contributed by atoms with Crippen LogP contribution in [-0.4, -0.2) is 25.1 Å². The molecule has 0 fully saturated rings. The molecule has 0 aliphatic carbocycles. The molecule has 0 saturated carbocycles. The Hall–Kier alpha value is -2.08. The van der Waals surface area contributed by atoms with Crippen molar-refractivity contribution in [2.75, 3.05) is 14.2 Å². The third kappa shape index (κ3) is 2.43. The van der Waals surface area contributed by atoms with E-state index in [-0.39, 0.29) is 18.4 Å². The van der Waals surface area contributed by atoms with Gasteiger partial charge < -0.3 is 14.5 Å². The van der Waals surface area contributed by atoms with Gasteiger partial charge in [-0.15, -0.1) is 0 Å². The maximum absolute atomic E-state index is 11.3. The Morgan fingerprint density at radius 1 is 1.56 bits per heavy atom. The van der Waals surface area contributed by atoms with Crippen molar-refractivity contribution < 1.29 is 13.9 Å². The summed E-state index contributed by atoms with van der Waals surface area (Å²) in [5.41, 5.74) is 1.99. The van der Waals surface area contributed by atoms with Crippen molar-refractivity contribution in [3.05, 3.63) is 34.3 Å². The normalized spacial score (nSPS) is 12.6. The number of rotatable bonds is 4. The minimum Gasteiger partial charge on any atom is -0.469 e. The van der Waals surface area contributed by atoms with Crippen LogP contribution in [0.3, 0.4) is 0 Å². The molecule has 1 aromatic heterocycles. The quantitative estimate of drug-likeness (QED) is 0.789. The Kier molecular flexibility index (Phi) is 3.47. The highest BCUT2D eigenvalue weighted by Crippen LogP contribution is 2.20. The largest absolute Gasteiger partial charge is 0.469 e. The van der Waals surface area contributed by atoms with E-state index in [1.807, 2.05) is 6.07 Å². The number of carbonyl (C=O) groups is 1. The highest BCUT2D eigenvalue weighted by Gasteiger charge is 2.15. The average Bonchev–Trinajstić information content (AvgIpc) is 2.74. The van der Waals surface area contributed by atoms with E-state index in [4.69, 9.17) is 4.42 Å². The molecule has 18 heavy (non-hydrogen) atoms. The lowest BCUT2D eigenvalue weighted by molar-refractivity contribution is -0.141. The SMILES string of the molecule is CNC(CC(=O)OC)c1ccc2oc(=O)[nH]c2c1. The predicted octanol–water partition coefficient (Wildman–Crippen LogP) is 0.945. The molecule has 0 saturated heterocycles. The molecular formula is C12H14N2O4. The number of H-pyrrole nitrogens is 1. The van der Waals surface area contributed by atoms with Gasteiger partial charge in [-0.3, -0.25) is 9.78 Å². The highest BCUT2D eigenvalue weighted by molar-refractivity contribution is 5.74. The van der Waals surface area contributed by atoms with Crippen LogP contribution >= 0.6 is 0 Å². The van der Waals surface area contributed by atoms with Crippen LogP contribution in [0.2, 0.25) is 0 Å². The molecule has 0 aliphatic rings. The second-order valence-corrected chi connectivity index (χ2v) is 3.89. The lowest BCUT2D eigenvalue weighted by atomic mass is 10.0. The van der Waals surface area contributed by atoms with Crippen LogP contribution in [0.15, 0.2) is 27.4 Å². The van der Waals surface area contributed by atoms with Crippen molar-refractivity contribution >= 4 is 17.1 Å². The monoisotopic (exact) mass is 250 g/mol. The maximum Gasteiger partial charge on any atom is 0.417 e. The first kappa shape index (κ1) is 12.4. The number of nitrogens with one attached hydrogen (secondary N) is 2. The highest BCUT2D eigenvalue weighted by atomic mass is 16.5. The predicted molar refractivity (Wildman–Crippen MR) is 65.3 cm³/mol. The van der Waals surface area contributed by atoms with E-state index in [0.29, 0.717) is 11.1 Å². The molecule has 0 amide bonds. The number of hydrogen-bond acceptors (Lipinski definition) is 5. The molecule has 1 unspecified atom stereocenters. The van der Waals surface area contributed by atoms with Crippen molar-refractivity contribution in [3.63, 3.8) is 0 Å². The summed E-state index contributed by atoms with van der Waals surface area (Å²) in [6.07, 6.45) is 0.223. The van der Waals surface area contributed by atoms with E-state index in [0.717, 1.165) is 5.56 Å². The van der Waals surface area contributed by atoms with Gasteiger partial charge in [0.25, 0.3) is 0 Å². The summed E-state index contributed by atoms with van der Waals surface area (Å²) in [6, 6.07) is 5.12. The van der Waals surface area contributed by atoms with Gasteiger partial charge in [-0.1, -0.05) is 6.07 Å². The number of aromatic nitrogens is 1. The van der Waals surface area contributed by atoms with Gasteiger partial charge >= 0.3 is 11.7 Å². The Balaban J connectivity index is 2.32. The fourth-order valence-corrected chi connectivity index (χ4v) is 1.82. The molecule has 1 heterocycles. The fraction of sp³-hybridized carbons (Fsp3) is 0.333. The first-order chi connectivity index (χ1) is 8.63. The third-order valence-corrected chi connectivity index (χ3v) is 2.79. The smallest absolute Gasteiger partial charge is 0.417 e. The van der Waals surface area contributed by atoms with Gasteiger partial charge in [-0.25, -0.2) is 4.79 Å². The van der Waals surface area contributed by atoms with Crippen LogP contribution in [-0.2, 0) is 9.53 Å². The number of aromatic amines is 1. The van der Waals surface area contributed by atoms with Gasteiger partial charge in [0.15, 0.2) is 5.58 Å². The number of fused-ring (bicyclic) bond motifs is 1. The Bertz CT molecular complexity index is 614. The lowest BCUT2D eigenvalue weighted by Crippen LogP contribution is -2.20. The molecule has 0 radical (unpaired) electrons. The van der Waals surface area contributed by atoms with E-state index in [1.54, 1.807) is 19.2 Å². The van der Waals surface area contributed by atoms with E-state index >= 15 is 0 Å². The number of esters is 1.